The van der Waals surface area contributed by atoms with Crippen molar-refractivity contribution in [2.45, 2.75) is 19.9 Å². The summed E-state index contributed by atoms with van der Waals surface area (Å²) in [7, 11) is 3.95. The Morgan fingerprint density at radius 2 is 2.19 bits per heavy atom. The molecule has 0 aliphatic rings. The van der Waals surface area contributed by atoms with E-state index in [2.05, 4.69) is 15.3 Å². The first-order valence-electron chi connectivity index (χ1n) is 8.32. The number of nitrogens with zero attached hydrogens (tertiary/aromatic N) is 4. The molecule has 136 valence electrons. The van der Waals surface area contributed by atoms with Crippen LogP contribution in [0.3, 0.4) is 0 Å². The molecule has 1 amide bonds. The van der Waals surface area contributed by atoms with Crippen molar-refractivity contribution in [2.75, 3.05) is 26.0 Å². The van der Waals surface area contributed by atoms with Gasteiger partial charge in [-0.25, -0.2) is 4.98 Å². The van der Waals surface area contributed by atoms with E-state index in [0.29, 0.717) is 18.0 Å². The lowest BCUT2D eigenvalue weighted by Crippen LogP contribution is -2.24. The quantitative estimate of drug-likeness (QED) is 0.726. The van der Waals surface area contributed by atoms with Crippen LogP contribution in [0.5, 0.6) is 0 Å². The Balaban J connectivity index is 1.95. The molecule has 0 aliphatic carbocycles. The summed E-state index contributed by atoms with van der Waals surface area (Å²) in [6.07, 6.45) is 5.41. The standard InChI is InChI=1S/C18H21N5O3/c1-12-14(16(24)21-13-6-4-7-19-10-13)15-17(26-12)20-11-23(18(15)25)9-5-8-22(2)3/h4,6-7,10-11H,5,8-9H2,1-3H3,(H,21,24). The molecule has 0 radical (unpaired) electrons. The number of nitrogens with one attached hydrogen (secondary N) is 1. The lowest BCUT2D eigenvalue weighted by atomic mass is 10.1. The van der Waals surface area contributed by atoms with Gasteiger partial charge in [-0.1, -0.05) is 0 Å². The average molecular weight is 355 g/mol. The zero-order chi connectivity index (χ0) is 18.7. The summed E-state index contributed by atoms with van der Waals surface area (Å²) in [5, 5.41) is 2.94. The number of rotatable bonds is 6. The molecule has 8 heteroatoms. The minimum atomic E-state index is -0.417. The summed E-state index contributed by atoms with van der Waals surface area (Å²) in [6.45, 7) is 3.02. The molecule has 1 N–H and O–H groups in total. The molecular weight excluding hydrogens is 334 g/mol. The maximum absolute atomic E-state index is 12.9. The van der Waals surface area contributed by atoms with Gasteiger partial charge in [-0.2, -0.15) is 0 Å². The fraction of sp³-hybridized carbons (Fsp3) is 0.333. The lowest BCUT2D eigenvalue weighted by molar-refractivity contribution is 0.102. The molecule has 0 atom stereocenters. The molecule has 0 fully saturated rings. The second kappa shape index (κ2) is 7.49. The number of furan rings is 1. The van der Waals surface area contributed by atoms with Gasteiger partial charge in [0.15, 0.2) is 0 Å². The van der Waals surface area contributed by atoms with E-state index >= 15 is 0 Å². The van der Waals surface area contributed by atoms with Gasteiger partial charge in [0.05, 0.1) is 17.4 Å². The van der Waals surface area contributed by atoms with Crippen LogP contribution in [-0.2, 0) is 6.54 Å². The van der Waals surface area contributed by atoms with Crippen LogP contribution in [0.15, 0.2) is 40.1 Å². The molecule has 0 spiro atoms. The number of aryl methyl sites for hydroxylation is 2. The van der Waals surface area contributed by atoms with Crippen LogP contribution in [0.25, 0.3) is 11.1 Å². The summed E-state index contributed by atoms with van der Waals surface area (Å²) >= 11 is 0. The van der Waals surface area contributed by atoms with Gasteiger partial charge >= 0.3 is 0 Å². The zero-order valence-corrected chi connectivity index (χ0v) is 15.0. The highest BCUT2D eigenvalue weighted by Crippen LogP contribution is 2.22. The first-order chi connectivity index (χ1) is 12.5. The van der Waals surface area contributed by atoms with Gasteiger partial charge in [0.1, 0.15) is 17.5 Å². The third-order valence-electron chi connectivity index (χ3n) is 4.01. The third-order valence-corrected chi connectivity index (χ3v) is 4.01. The number of carbonyl (C=O) groups is 1. The van der Waals surface area contributed by atoms with Crippen LogP contribution in [0.4, 0.5) is 5.69 Å². The molecule has 3 aromatic rings. The normalized spacial score (nSPS) is 11.2. The lowest BCUT2D eigenvalue weighted by Gasteiger charge is -2.10. The van der Waals surface area contributed by atoms with E-state index in [1.807, 2.05) is 19.0 Å². The van der Waals surface area contributed by atoms with E-state index in [0.717, 1.165) is 13.0 Å². The number of pyridine rings is 1. The van der Waals surface area contributed by atoms with E-state index in [9.17, 15) is 9.59 Å². The van der Waals surface area contributed by atoms with Crippen molar-refractivity contribution in [3.63, 3.8) is 0 Å². The number of hydrogen-bond donors (Lipinski definition) is 1. The Morgan fingerprint density at radius 3 is 2.88 bits per heavy atom. The number of fused-ring (bicyclic) bond motifs is 1. The summed E-state index contributed by atoms with van der Waals surface area (Å²) in [4.78, 5) is 35.8. The summed E-state index contributed by atoms with van der Waals surface area (Å²) < 4.78 is 7.04. The number of aromatic nitrogens is 3. The van der Waals surface area contributed by atoms with Crippen molar-refractivity contribution in [3.8, 4) is 0 Å². The van der Waals surface area contributed by atoms with Gasteiger partial charge in [0.2, 0.25) is 5.71 Å². The highest BCUT2D eigenvalue weighted by molar-refractivity contribution is 6.12. The average Bonchev–Trinajstić information content (AvgIpc) is 2.94. The number of amides is 1. The molecule has 3 rings (SSSR count). The van der Waals surface area contributed by atoms with Gasteiger partial charge < -0.3 is 14.6 Å². The van der Waals surface area contributed by atoms with Crippen molar-refractivity contribution in [1.82, 2.24) is 19.4 Å². The van der Waals surface area contributed by atoms with Crippen molar-refractivity contribution in [1.29, 1.82) is 0 Å². The van der Waals surface area contributed by atoms with E-state index in [1.54, 1.807) is 25.3 Å². The van der Waals surface area contributed by atoms with Crippen LogP contribution in [0.1, 0.15) is 22.5 Å². The number of hydrogen-bond acceptors (Lipinski definition) is 6. The van der Waals surface area contributed by atoms with Crippen LogP contribution in [0, 0.1) is 6.92 Å². The molecule has 0 saturated carbocycles. The van der Waals surface area contributed by atoms with Crippen LogP contribution in [-0.4, -0.2) is 46.0 Å². The van der Waals surface area contributed by atoms with Gasteiger partial charge in [0.25, 0.3) is 11.5 Å². The Hall–Kier alpha value is -3.00. The molecule has 0 unspecified atom stereocenters. The molecule has 0 aliphatic heterocycles. The Morgan fingerprint density at radius 1 is 1.38 bits per heavy atom. The number of anilines is 1. The molecular formula is C18H21N5O3. The van der Waals surface area contributed by atoms with E-state index in [1.165, 1.54) is 17.1 Å². The minimum Gasteiger partial charge on any atom is -0.442 e. The summed E-state index contributed by atoms with van der Waals surface area (Å²) in [5.74, 6) is -0.0591. The molecule has 3 aromatic heterocycles. The first kappa shape index (κ1) is 17.8. The molecule has 26 heavy (non-hydrogen) atoms. The largest absolute Gasteiger partial charge is 0.442 e. The zero-order valence-electron chi connectivity index (χ0n) is 15.0. The smallest absolute Gasteiger partial charge is 0.265 e. The maximum Gasteiger partial charge on any atom is 0.265 e. The third kappa shape index (κ3) is 3.65. The van der Waals surface area contributed by atoms with Gasteiger partial charge in [-0.3, -0.25) is 19.1 Å². The second-order valence-corrected chi connectivity index (χ2v) is 6.31. The van der Waals surface area contributed by atoms with Crippen LogP contribution < -0.4 is 10.9 Å². The fourth-order valence-electron chi connectivity index (χ4n) is 2.76. The minimum absolute atomic E-state index is 0.174. The van der Waals surface area contributed by atoms with Crippen molar-refractivity contribution in [3.05, 3.63) is 52.5 Å². The van der Waals surface area contributed by atoms with E-state index in [4.69, 9.17) is 4.42 Å². The predicted octanol–water partition coefficient (Wildman–Crippen LogP) is 1.90. The number of carbonyl (C=O) groups excluding carboxylic acids is 1. The second-order valence-electron chi connectivity index (χ2n) is 6.31. The van der Waals surface area contributed by atoms with Gasteiger partial charge in [-0.15, -0.1) is 0 Å². The van der Waals surface area contributed by atoms with Crippen molar-refractivity contribution in [2.24, 2.45) is 0 Å². The highest BCUT2D eigenvalue weighted by Gasteiger charge is 2.23. The Kier molecular flexibility index (Phi) is 5.13. The topological polar surface area (TPSA) is 93.3 Å². The molecule has 0 bridgehead atoms. The van der Waals surface area contributed by atoms with Crippen molar-refractivity contribution < 1.29 is 9.21 Å². The van der Waals surface area contributed by atoms with Gasteiger partial charge in [0, 0.05) is 12.7 Å². The predicted molar refractivity (Wildman–Crippen MR) is 98.4 cm³/mol. The summed E-state index contributed by atoms with van der Waals surface area (Å²) in [6, 6.07) is 3.44. The first-order valence-corrected chi connectivity index (χ1v) is 8.32. The molecule has 0 saturated heterocycles. The molecule has 3 heterocycles. The van der Waals surface area contributed by atoms with E-state index in [-0.39, 0.29) is 22.2 Å². The monoisotopic (exact) mass is 355 g/mol. The SMILES string of the molecule is Cc1oc2ncn(CCCN(C)C)c(=O)c2c1C(=O)Nc1cccnc1. The van der Waals surface area contributed by atoms with Gasteiger partial charge in [-0.05, 0) is 46.1 Å². The summed E-state index contributed by atoms with van der Waals surface area (Å²) in [5.41, 5.74) is 0.652. The fourth-order valence-corrected chi connectivity index (χ4v) is 2.76. The van der Waals surface area contributed by atoms with Crippen LogP contribution in [0.2, 0.25) is 0 Å². The van der Waals surface area contributed by atoms with Crippen molar-refractivity contribution >= 4 is 22.7 Å². The Bertz CT molecular complexity index is 976. The highest BCUT2D eigenvalue weighted by atomic mass is 16.3. The maximum atomic E-state index is 12.9. The molecule has 8 nitrogen and oxygen atoms in total. The van der Waals surface area contributed by atoms with Crippen LogP contribution >= 0.6 is 0 Å². The molecule has 0 aromatic carbocycles. The van der Waals surface area contributed by atoms with E-state index < -0.39 is 5.91 Å². The Labute approximate surface area is 150 Å².